The summed E-state index contributed by atoms with van der Waals surface area (Å²) in [5.41, 5.74) is -0.282. The van der Waals surface area contributed by atoms with Crippen molar-refractivity contribution < 1.29 is 13.6 Å². The number of aromatic nitrogens is 1. The van der Waals surface area contributed by atoms with Crippen molar-refractivity contribution in [2.45, 2.75) is 6.92 Å². The fourth-order valence-electron chi connectivity index (χ4n) is 1.74. The van der Waals surface area contributed by atoms with Crippen LogP contribution in [-0.2, 0) is 0 Å². The summed E-state index contributed by atoms with van der Waals surface area (Å²) in [6.07, 6.45) is 1.52. The van der Waals surface area contributed by atoms with Crippen LogP contribution in [0.4, 0.5) is 20.3 Å². The smallest absolute Gasteiger partial charge is 0.259 e. The zero-order valence-electron chi connectivity index (χ0n) is 11.1. The van der Waals surface area contributed by atoms with Crippen LogP contribution in [0.25, 0.3) is 0 Å². The summed E-state index contributed by atoms with van der Waals surface area (Å²) in [4.78, 5) is 16.2. The van der Waals surface area contributed by atoms with Crippen molar-refractivity contribution in [3.05, 3.63) is 52.1 Å². The number of hydrogen-bond donors (Lipinski definition) is 2. The number of benzene rings is 1. The SMILES string of the molecule is CCNc1ncccc1C(=O)Nc1c(F)cc(Br)cc1F. The van der Waals surface area contributed by atoms with E-state index in [-0.39, 0.29) is 10.0 Å². The van der Waals surface area contributed by atoms with E-state index in [0.29, 0.717) is 12.4 Å². The molecular weight excluding hydrogens is 344 g/mol. The Morgan fingerprint density at radius 3 is 2.62 bits per heavy atom. The number of nitrogens with zero attached hydrogens (tertiary/aromatic N) is 1. The maximum atomic E-state index is 13.7. The number of carbonyl (C=O) groups excluding carboxylic acids is 1. The molecule has 21 heavy (non-hydrogen) atoms. The summed E-state index contributed by atoms with van der Waals surface area (Å²) in [7, 11) is 0. The van der Waals surface area contributed by atoms with E-state index in [4.69, 9.17) is 0 Å². The molecule has 0 saturated carbocycles. The molecule has 7 heteroatoms. The topological polar surface area (TPSA) is 54.0 Å². The zero-order valence-corrected chi connectivity index (χ0v) is 12.7. The minimum Gasteiger partial charge on any atom is -0.370 e. The van der Waals surface area contributed by atoms with Gasteiger partial charge in [-0.15, -0.1) is 0 Å². The Kier molecular flexibility index (Phi) is 4.85. The third-order valence-electron chi connectivity index (χ3n) is 2.64. The Morgan fingerprint density at radius 2 is 2.00 bits per heavy atom. The van der Waals surface area contributed by atoms with Crippen LogP contribution in [0.3, 0.4) is 0 Å². The second-order valence-electron chi connectivity index (χ2n) is 4.13. The van der Waals surface area contributed by atoms with Crippen LogP contribution >= 0.6 is 15.9 Å². The molecule has 0 unspecified atom stereocenters. The summed E-state index contributed by atoms with van der Waals surface area (Å²) >= 11 is 2.98. The summed E-state index contributed by atoms with van der Waals surface area (Å²) in [5.74, 6) is -2.00. The lowest BCUT2D eigenvalue weighted by atomic mass is 10.2. The standard InChI is InChI=1S/C14H12BrF2N3O/c1-2-18-13-9(4-3-5-19-13)14(21)20-12-10(16)6-8(15)7-11(12)17/h3-7H,2H2,1H3,(H,18,19)(H,20,21). The van der Waals surface area contributed by atoms with E-state index < -0.39 is 23.2 Å². The molecule has 0 aliphatic rings. The van der Waals surface area contributed by atoms with Gasteiger partial charge in [-0.3, -0.25) is 4.79 Å². The van der Waals surface area contributed by atoms with Crippen molar-refractivity contribution in [3.63, 3.8) is 0 Å². The highest BCUT2D eigenvalue weighted by atomic mass is 79.9. The van der Waals surface area contributed by atoms with Gasteiger partial charge in [-0.05, 0) is 31.2 Å². The lowest BCUT2D eigenvalue weighted by Crippen LogP contribution is -2.17. The first-order chi connectivity index (χ1) is 10.0. The number of rotatable bonds is 4. The van der Waals surface area contributed by atoms with E-state index in [2.05, 4.69) is 31.5 Å². The van der Waals surface area contributed by atoms with E-state index in [9.17, 15) is 13.6 Å². The maximum Gasteiger partial charge on any atom is 0.259 e. The van der Waals surface area contributed by atoms with Crippen LogP contribution in [0.5, 0.6) is 0 Å². The van der Waals surface area contributed by atoms with Gasteiger partial charge in [-0.1, -0.05) is 15.9 Å². The quantitative estimate of drug-likeness (QED) is 0.876. The third kappa shape index (κ3) is 3.55. The molecule has 0 aliphatic heterocycles. The number of halogens is 3. The lowest BCUT2D eigenvalue weighted by molar-refractivity contribution is 0.102. The first-order valence-electron chi connectivity index (χ1n) is 6.17. The molecule has 1 heterocycles. The van der Waals surface area contributed by atoms with Crippen molar-refractivity contribution in [1.29, 1.82) is 0 Å². The molecule has 0 spiro atoms. The van der Waals surface area contributed by atoms with Crippen molar-refractivity contribution in [2.24, 2.45) is 0 Å². The van der Waals surface area contributed by atoms with Gasteiger partial charge in [-0.25, -0.2) is 13.8 Å². The van der Waals surface area contributed by atoms with Crippen molar-refractivity contribution in [2.75, 3.05) is 17.2 Å². The second-order valence-corrected chi connectivity index (χ2v) is 5.04. The highest BCUT2D eigenvalue weighted by Gasteiger charge is 2.17. The van der Waals surface area contributed by atoms with Gasteiger partial charge >= 0.3 is 0 Å². The van der Waals surface area contributed by atoms with Crippen LogP contribution in [0, 0.1) is 11.6 Å². The largest absolute Gasteiger partial charge is 0.370 e. The molecule has 1 amide bonds. The molecule has 2 N–H and O–H groups in total. The summed E-state index contributed by atoms with van der Waals surface area (Å²) in [6, 6.07) is 5.25. The first-order valence-corrected chi connectivity index (χ1v) is 6.97. The zero-order chi connectivity index (χ0) is 15.4. The predicted molar refractivity (Wildman–Crippen MR) is 80.4 cm³/mol. The van der Waals surface area contributed by atoms with Gasteiger partial charge in [0.05, 0.1) is 5.56 Å². The monoisotopic (exact) mass is 355 g/mol. The van der Waals surface area contributed by atoms with Crippen LogP contribution in [0.1, 0.15) is 17.3 Å². The van der Waals surface area contributed by atoms with Crippen LogP contribution < -0.4 is 10.6 Å². The molecule has 1 aromatic heterocycles. The Balaban J connectivity index is 2.31. The molecule has 2 rings (SSSR count). The molecule has 110 valence electrons. The average molecular weight is 356 g/mol. The predicted octanol–water partition coefficient (Wildman–Crippen LogP) is 3.81. The highest BCUT2D eigenvalue weighted by Crippen LogP contribution is 2.25. The molecule has 0 saturated heterocycles. The minimum absolute atomic E-state index is 0.209. The fourth-order valence-corrected chi connectivity index (χ4v) is 2.14. The highest BCUT2D eigenvalue weighted by molar-refractivity contribution is 9.10. The number of nitrogens with one attached hydrogen (secondary N) is 2. The normalized spacial score (nSPS) is 10.3. The van der Waals surface area contributed by atoms with Gasteiger partial charge in [0.25, 0.3) is 5.91 Å². The minimum atomic E-state index is -0.857. The first kappa shape index (κ1) is 15.4. The van der Waals surface area contributed by atoms with E-state index >= 15 is 0 Å². The van der Waals surface area contributed by atoms with Crippen molar-refractivity contribution in [3.8, 4) is 0 Å². The molecule has 2 aromatic rings. The Morgan fingerprint density at radius 1 is 1.33 bits per heavy atom. The Labute approximate surface area is 128 Å². The second kappa shape index (κ2) is 6.62. The van der Waals surface area contributed by atoms with Crippen LogP contribution in [0.15, 0.2) is 34.9 Å². The van der Waals surface area contributed by atoms with E-state index in [1.165, 1.54) is 12.3 Å². The van der Waals surface area contributed by atoms with E-state index in [1.54, 1.807) is 6.07 Å². The average Bonchev–Trinajstić information content (AvgIpc) is 2.43. The molecule has 0 radical (unpaired) electrons. The van der Waals surface area contributed by atoms with E-state index in [1.807, 2.05) is 6.92 Å². The Hall–Kier alpha value is -2.02. The van der Waals surface area contributed by atoms with Gasteiger partial charge in [-0.2, -0.15) is 0 Å². The van der Waals surface area contributed by atoms with Gasteiger partial charge in [0.1, 0.15) is 11.5 Å². The molecule has 0 bridgehead atoms. The van der Waals surface area contributed by atoms with Crippen molar-refractivity contribution in [1.82, 2.24) is 4.98 Å². The third-order valence-corrected chi connectivity index (χ3v) is 3.10. The van der Waals surface area contributed by atoms with Gasteiger partial charge < -0.3 is 10.6 Å². The molecule has 0 aliphatic carbocycles. The van der Waals surface area contributed by atoms with Gasteiger partial charge in [0.2, 0.25) is 0 Å². The molecule has 4 nitrogen and oxygen atoms in total. The molecule has 0 atom stereocenters. The van der Waals surface area contributed by atoms with Gasteiger partial charge in [0.15, 0.2) is 11.6 Å². The van der Waals surface area contributed by atoms with Gasteiger partial charge in [0, 0.05) is 17.2 Å². The number of amides is 1. The molecule has 0 fully saturated rings. The summed E-state index contributed by atoms with van der Waals surface area (Å²) < 4.78 is 27.7. The number of pyridine rings is 1. The lowest BCUT2D eigenvalue weighted by Gasteiger charge is -2.11. The molecule has 1 aromatic carbocycles. The summed E-state index contributed by atoms with van der Waals surface area (Å²) in [6.45, 7) is 2.42. The van der Waals surface area contributed by atoms with Crippen LogP contribution in [-0.4, -0.2) is 17.4 Å². The van der Waals surface area contributed by atoms with Crippen LogP contribution in [0.2, 0.25) is 0 Å². The van der Waals surface area contributed by atoms with Crippen molar-refractivity contribution >= 4 is 33.3 Å². The number of hydrogen-bond acceptors (Lipinski definition) is 3. The molecular formula is C14H12BrF2N3O. The fraction of sp³-hybridized carbons (Fsp3) is 0.143. The summed E-state index contributed by atoms with van der Waals surface area (Å²) in [5, 5.41) is 5.15. The van der Waals surface area contributed by atoms with E-state index in [0.717, 1.165) is 12.1 Å². The Bertz CT molecular complexity index is 656. The number of anilines is 2. The maximum absolute atomic E-state index is 13.7. The number of carbonyl (C=O) groups is 1.